The van der Waals surface area contributed by atoms with E-state index in [1.165, 1.54) is 6.92 Å². The zero-order chi connectivity index (χ0) is 19.5. The van der Waals surface area contributed by atoms with E-state index in [1.807, 2.05) is 19.1 Å². The Hall–Kier alpha value is -2.21. The molecule has 1 aliphatic rings. The number of rotatable bonds is 5. The Labute approximate surface area is 153 Å². The van der Waals surface area contributed by atoms with Gasteiger partial charge in [0.1, 0.15) is 5.92 Å². The third-order valence-electron chi connectivity index (χ3n) is 4.81. The number of aliphatic hydroxyl groups is 1. The van der Waals surface area contributed by atoms with Crippen LogP contribution < -0.4 is 0 Å². The van der Waals surface area contributed by atoms with Gasteiger partial charge in [0.2, 0.25) is 0 Å². The number of carbonyl (C=O) groups excluding carboxylic acids is 3. The van der Waals surface area contributed by atoms with Gasteiger partial charge in [-0.05, 0) is 33.3 Å². The summed E-state index contributed by atoms with van der Waals surface area (Å²) in [5.41, 5.74) is 0.0186. The van der Waals surface area contributed by atoms with Gasteiger partial charge in [-0.25, -0.2) is 0 Å². The highest BCUT2D eigenvalue weighted by molar-refractivity contribution is 6.02. The van der Waals surface area contributed by atoms with Crippen LogP contribution in [-0.2, 0) is 23.9 Å². The van der Waals surface area contributed by atoms with E-state index in [9.17, 15) is 19.5 Å². The van der Waals surface area contributed by atoms with Crippen LogP contribution in [0.4, 0.5) is 0 Å². The molecule has 6 heteroatoms. The summed E-state index contributed by atoms with van der Waals surface area (Å²) in [5.74, 6) is -4.76. The molecule has 4 atom stereocenters. The Balaban J connectivity index is 2.59. The molecule has 26 heavy (non-hydrogen) atoms. The largest absolute Gasteiger partial charge is 0.466 e. The van der Waals surface area contributed by atoms with Crippen molar-refractivity contribution in [3.8, 4) is 0 Å². The van der Waals surface area contributed by atoms with Gasteiger partial charge in [0.05, 0.1) is 24.7 Å². The second-order valence-electron chi connectivity index (χ2n) is 6.90. The molecule has 0 aliphatic heterocycles. The van der Waals surface area contributed by atoms with Gasteiger partial charge in [-0.15, -0.1) is 0 Å². The van der Waals surface area contributed by atoms with Gasteiger partial charge in [-0.2, -0.15) is 0 Å². The first-order chi connectivity index (χ1) is 12.2. The second-order valence-corrected chi connectivity index (χ2v) is 6.90. The minimum absolute atomic E-state index is 0.129. The third-order valence-corrected chi connectivity index (χ3v) is 4.81. The van der Waals surface area contributed by atoms with Crippen LogP contribution in [0.1, 0.15) is 44.2 Å². The van der Waals surface area contributed by atoms with Crippen LogP contribution in [0.3, 0.4) is 0 Å². The van der Waals surface area contributed by atoms with Crippen molar-refractivity contribution in [3.05, 3.63) is 35.4 Å². The van der Waals surface area contributed by atoms with E-state index in [1.54, 1.807) is 26.0 Å². The Bertz CT molecular complexity index is 676. The fraction of sp³-hybridized carbons (Fsp3) is 0.550. The lowest BCUT2D eigenvalue weighted by molar-refractivity contribution is -0.172. The summed E-state index contributed by atoms with van der Waals surface area (Å²) in [4.78, 5) is 37.9. The maximum atomic E-state index is 12.7. The smallest absolute Gasteiger partial charge is 0.317 e. The quantitative estimate of drug-likeness (QED) is 0.638. The lowest BCUT2D eigenvalue weighted by Crippen LogP contribution is -2.55. The van der Waals surface area contributed by atoms with Crippen LogP contribution in [0, 0.1) is 18.8 Å². The number of carbonyl (C=O) groups is 3. The summed E-state index contributed by atoms with van der Waals surface area (Å²) in [6.45, 7) is 6.95. The summed E-state index contributed by atoms with van der Waals surface area (Å²) in [6, 6.07) is 7.22. The Morgan fingerprint density at radius 3 is 2.19 bits per heavy atom. The molecular weight excluding hydrogens is 336 g/mol. The van der Waals surface area contributed by atoms with E-state index in [-0.39, 0.29) is 19.6 Å². The SMILES string of the molecule is CCOC(=O)[C@H]1C(=O)C[C@@](C)(O)[C@H](C(=O)OCC)[C@@H]1c1ccc(C)cc1. The highest BCUT2D eigenvalue weighted by Crippen LogP contribution is 2.46. The predicted molar refractivity (Wildman–Crippen MR) is 94.4 cm³/mol. The average Bonchev–Trinajstić information content (AvgIpc) is 2.54. The Morgan fingerprint density at radius 2 is 1.65 bits per heavy atom. The fourth-order valence-corrected chi connectivity index (χ4v) is 3.67. The van der Waals surface area contributed by atoms with Crippen molar-refractivity contribution in [2.24, 2.45) is 11.8 Å². The molecule has 0 spiro atoms. The highest BCUT2D eigenvalue weighted by Gasteiger charge is 2.57. The van der Waals surface area contributed by atoms with Crippen molar-refractivity contribution < 1.29 is 29.0 Å². The first-order valence-electron chi connectivity index (χ1n) is 8.87. The molecule has 0 amide bonds. The first kappa shape index (κ1) is 20.1. The third kappa shape index (κ3) is 3.96. The normalized spacial score (nSPS) is 28.5. The number of hydrogen-bond donors (Lipinski definition) is 1. The number of hydrogen-bond acceptors (Lipinski definition) is 6. The van der Waals surface area contributed by atoms with Crippen molar-refractivity contribution in [2.45, 2.75) is 45.6 Å². The monoisotopic (exact) mass is 362 g/mol. The zero-order valence-electron chi connectivity index (χ0n) is 15.7. The van der Waals surface area contributed by atoms with Gasteiger partial charge in [0.15, 0.2) is 5.78 Å². The van der Waals surface area contributed by atoms with Crippen molar-refractivity contribution in [3.63, 3.8) is 0 Å². The number of ketones is 1. The molecule has 0 saturated heterocycles. The number of benzene rings is 1. The zero-order valence-corrected chi connectivity index (χ0v) is 15.7. The maximum absolute atomic E-state index is 12.7. The number of aryl methyl sites for hydroxylation is 1. The molecule has 0 bridgehead atoms. The van der Waals surface area contributed by atoms with Crippen molar-refractivity contribution in [1.29, 1.82) is 0 Å². The van der Waals surface area contributed by atoms with Gasteiger partial charge >= 0.3 is 11.9 Å². The molecule has 1 N–H and O–H groups in total. The molecule has 142 valence electrons. The summed E-state index contributed by atoms with van der Waals surface area (Å²) < 4.78 is 10.2. The molecule has 1 aliphatic carbocycles. The minimum atomic E-state index is -1.61. The van der Waals surface area contributed by atoms with Crippen LogP contribution >= 0.6 is 0 Å². The lowest BCUT2D eigenvalue weighted by Gasteiger charge is -2.43. The summed E-state index contributed by atoms with van der Waals surface area (Å²) >= 11 is 0. The van der Waals surface area contributed by atoms with E-state index >= 15 is 0 Å². The van der Waals surface area contributed by atoms with Crippen LogP contribution in [0.5, 0.6) is 0 Å². The summed E-state index contributed by atoms with van der Waals surface area (Å²) in [7, 11) is 0. The van der Waals surface area contributed by atoms with Gasteiger partial charge in [-0.1, -0.05) is 29.8 Å². The molecule has 0 unspecified atom stereocenters. The molecule has 1 saturated carbocycles. The van der Waals surface area contributed by atoms with Gasteiger partial charge in [0.25, 0.3) is 0 Å². The molecule has 1 aromatic carbocycles. The maximum Gasteiger partial charge on any atom is 0.317 e. The number of esters is 2. The van der Waals surface area contributed by atoms with Gasteiger partial charge in [0, 0.05) is 12.3 Å². The summed E-state index contributed by atoms with van der Waals surface area (Å²) in [6.07, 6.45) is -0.303. The molecule has 2 rings (SSSR count). The first-order valence-corrected chi connectivity index (χ1v) is 8.87. The molecular formula is C20H26O6. The van der Waals surface area contributed by atoms with Crippen LogP contribution in [0.15, 0.2) is 24.3 Å². The Kier molecular flexibility index (Phi) is 6.18. The van der Waals surface area contributed by atoms with Crippen molar-refractivity contribution >= 4 is 17.7 Å². The van der Waals surface area contributed by atoms with Crippen LogP contribution in [0.25, 0.3) is 0 Å². The van der Waals surface area contributed by atoms with Crippen LogP contribution in [-0.4, -0.2) is 41.6 Å². The minimum Gasteiger partial charge on any atom is -0.466 e. The Morgan fingerprint density at radius 1 is 1.12 bits per heavy atom. The van der Waals surface area contributed by atoms with Gasteiger partial charge in [-0.3, -0.25) is 14.4 Å². The van der Waals surface area contributed by atoms with Crippen molar-refractivity contribution in [1.82, 2.24) is 0 Å². The fourth-order valence-electron chi connectivity index (χ4n) is 3.67. The van der Waals surface area contributed by atoms with E-state index in [0.717, 1.165) is 5.56 Å². The molecule has 6 nitrogen and oxygen atoms in total. The van der Waals surface area contributed by atoms with E-state index in [2.05, 4.69) is 0 Å². The predicted octanol–water partition coefficient (Wildman–Crippen LogP) is 2.16. The second kappa shape index (κ2) is 7.99. The molecule has 1 aromatic rings. The van der Waals surface area contributed by atoms with Crippen LogP contribution in [0.2, 0.25) is 0 Å². The summed E-state index contributed by atoms with van der Waals surface area (Å²) in [5, 5.41) is 10.8. The number of ether oxygens (including phenoxy) is 2. The molecule has 0 aromatic heterocycles. The van der Waals surface area contributed by atoms with Crippen molar-refractivity contribution in [2.75, 3.05) is 13.2 Å². The molecule has 1 fully saturated rings. The molecule has 0 radical (unpaired) electrons. The standard InChI is InChI=1S/C20H26O6/c1-5-25-18(22)16-14(21)11-20(4,24)17(19(23)26-6-2)15(16)13-9-7-12(3)8-10-13/h7-10,15-17,24H,5-6,11H2,1-4H3/t15-,16+,17+,20-/m1/s1. The molecule has 0 heterocycles. The number of Topliss-reactive ketones (excluding diaryl/α,β-unsaturated/α-hetero) is 1. The van der Waals surface area contributed by atoms with E-state index in [0.29, 0.717) is 5.56 Å². The van der Waals surface area contributed by atoms with Gasteiger partial charge < -0.3 is 14.6 Å². The average molecular weight is 362 g/mol. The highest BCUT2D eigenvalue weighted by atomic mass is 16.5. The van der Waals surface area contributed by atoms with E-state index in [4.69, 9.17) is 9.47 Å². The lowest BCUT2D eigenvalue weighted by atomic mass is 9.61. The van der Waals surface area contributed by atoms with E-state index < -0.39 is 41.1 Å². The topological polar surface area (TPSA) is 89.9 Å².